The van der Waals surface area contributed by atoms with Crippen LogP contribution in [0.1, 0.15) is 22.7 Å². The molecule has 168 valence electrons. The highest BCUT2D eigenvalue weighted by Crippen LogP contribution is 2.33. The van der Waals surface area contributed by atoms with Gasteiger partial charge < -0.3 is 0 Å². The molecule has 0 amide bonds. The van der Waals surface area contributed by atoms with Gasteiger partial charge in [-0.15, -0.1) is 5.11 Å². The Morgan fingerprint density at radius 1 is 0.818 bits per heavy atom. The number of aryl methyl sites for hydroxylation is 2. The minimum atomic E-state index is -0.763. The van der Waals surface area contributed by atoms with Crippen LogP contribution in [-0.4, -0.2) is 14.8 Å². The molecule has 0 saturated heterocycles. The minimum absolute atomic E-state index is 0.0838. The number of aromatic nitrogens is 1. The van der Waals surface area contributed by atoms with E-state index in [0.717, 1.165) is 29.3 Å². The van der Waals surface area contributed by atoms with E-state index < -0.39 is 32.2 Å². The van der Waals surface area contributed by atoms with E-state index in [4.69, 9.17) is 0 Å². The molecular formula is C21H19N6O6+. The zero-order valence-electron chi connectivity index (χ0n) is 17.7. The summed E-state index contributed by atoms with van der Waals surface area (Å²) in [5.41, 5.74) is 1.44. The van der Waals surface area contributed by atoms with Crippen molar-refractivity contribution < 1.29 is 19.3 Å². The molecule has 0 spiro atoms. The Hall–Kier alpha value is -4.61. The maximum absolute atomic E-state index is 11.4. The number of hydrogen-bond donors (Lipinski definition) is 0. The fraction of sp³-hybridized carbons (Fsp3) is 0.190. The highest BCUT2D eigenvalue weighted by atomic mass is 16.6. The van der Waals surface area contributed by atoms with Crippen molar-refractivity contribution in [3.8, 4) is 0 Å². The number of rotatable bonds is 8. The quantitative estimate of drug-likeness (QED) is 0.206. The number of nitrogens with zero attached hydrogens (tertiary/aromatic N) is 6. The molecule has 0 aliphatic rings. The average Bonchev–Trinajstić information content (AvgIpc) is 2.75. The zero-order valence-corrected chi connectivity index (χ0v) is 17.7. The summed E-state index contributed by atoms with van der Waals surface area (Å²) >= 11 is 0. The van der Waals surface area contributed by atoms with E-state index in [-0.39, 0.29) is 11.4 Å². The number of hydrogen-bond acceptors (Lipinski definition) is 8. The lowest BCUT2D eigenvalue weighted by Gasteiger charge is -2.10. The van der Waals surface area contributed by atoms with Crippen LogP contribution < -0.4 is 4.57 Å². The van der Waals surface area contributed by atoms with E-state index in [1.807, 2.05) is 36.9 Å². The van der Waals surface area contributed by atoms with Crippen LogP contribution in [0.3, 0.4) is 0 Å². The van der Waals surface area contributed by atoms with Crippen molar-refractivity contribution >= 4 is 22.7 Å². The van der Waals surface area contributed by atoms with Crippen LogP contribution in [0.2, 0.25) is 0 Å². The summed E-state index contributed by atoms with van der Waals surface area (Å²) in [7, 11) is 0. The molecule has 0 aliphatic heterocycles. The maximum Gasteiger partial charge on any atom is 0.303 e. The van der Waals surface area contributed by atoms with Gasteiger partial charge in [0.2, 0.25) is 0 Å². The summed E-state index contributed by atoms with van der Waals surface area (Å²) in [5, 5.41) is 41.6. The summed E-state index contributed by atoms with van der Waals surface area (Å²) in [6.07, 6.45) is 3.80. The SMILES string of the molecule is Cc1cc(C)c[n+](CC(N=Nc2ccc([N+](=O)[O-])cc2[N+](=O)[O-])c2ccc([N+](=O)[O-])cc2)c1. The minimum Gasteiger partial charge on any atom is -0.258 e. The van der Waals surface area contributed by atoms with Gasteiger partial charge in [-0.25, -0.2) is 4.57 Å². The first-order valence-electron chi connectivity index (χ1n) is 9.69. The number of azo groups is 1. The largest absolute Gasteiger partial charge is 0.303 e. The van der Waals surface area contributed by atoms with Gasteiger partial charge in [0, 0.05) is 29.3 Å². The molecule has 0 aliphatic carbocycles. The first-order chi connectivity index (χ1) is 15.6. The Bertz CT molecular complexity index is 1240. The summed E-state index contributed by atoms with van der Waals surface area (Å²) in [6, 6.07) is 10.3. The van der Waals surface area contributed by atoms with Crippen LogP contribution >= 0.6 is 0 Å². The van der Waals surface area contributed by atoms with Gasteiger partial charge in [0.25, 0.3) is 11.4 Å². The lowest BCUT2D eigenvalue weighted by molar-refractivity contribution is -0.700. The first-order valence-corrected chi connectivity index (χ1v) is 9.69. The van der Waals surface area contributed by atoms with Crippen molar-refractivity contribution in [2.75, 3.05) is 0 Å². The lowest BCUT2D eigenvalue weighted by atomic mass is 10.1. The molecule has 0 N–H and O–H groups in total. The van der Waals surface area contributed by atoms with E-state index >= 15 is 0 Å². The molecule has 33 heavy (non-hydrogen) atoms. The van der Waals surface area contributed by atoms with Crippen LogP contribution in [0, 0.1) is 44.2 Å². The van der Waals surface area contributed by atoms with Crippen molar-refractivity contribution in [1.29, 1.82) is 0 Å². The molecule has 2 aromatic carbocycles. The van der Waals surface area contributed by atoms with Gasteiger partial charge in [0.1, 0.15) is 0 Å². The molecule has 1 atom stereocenters. The Morgan fingerprint density at radius 2 is 1.39 bits per heavy atom. The number of non-ortho nitro benzene ring substituents is 2. The number of nitro groups is 3. The fourth-order valence-electron chi connectivity index (χ4n) is 3.31. The smallest absolute Gasteiger partial charge is 0.258 e. The predicted octanol–water partition coefficient (Wildman–Crippen LogP) is 4.84. The summed E-state index contributed by atoms with van der Waals surface area (Å²) in [4.78, 5) is 31.3. The summed E-state index contributed by atoms with van der Waals surface area (Å²) < 4.78 is 1.89. The Morgan fingerprint density at radius 3 is 1.94 bits per heavy atom. The van der Waals surface area contributed by atoms with Crippen LogP contribution in [0.5, 0.6) is 0 Å². The van der Waals surface area contributed by atoms with Crippen LogP contribution in [0.4, 0.5) is 22.7 Å². The fourth-order valence-corrected chi connectivity index (χ4v) is 3.31. The van der Waals surface area contributed by atoms with Gasteiger partial charge in [-0.05, 0) is 43.7 Å². The number of pyridine rings is 1. The lowest BCUT2D eigenvalue weighted by Crippen LogP contribution is -2.36. The molecular weight excluding hydrogens is 432 g/mol. The topological polar surface area (TPSA) is 158 Å². The van der Waals surface area contributed by atoms with Crippen LogP contribution in [0.25, 0.3) is 0 Å². The predicted molar refractivity (Wildman–Crippen MR) is 116 cm³/mol. The third kappa shape index (κ3) is 5.76. The average molecular weight is 451 g/mol. The summed E-state index contributed by atoms with van der Waals surface area (Å²) in [6.45, 7) is 4.18. The highest BCUT2D eigenvalue weighted by molar-refractivity contribution is 5.61. The molecule has 12 nitrogen and oxygen atoms in total. The van der Waals surface area contributed by atoms with Gasteiger partial charge in [0.15, 0.2) is 30.7 Å². The molecule has 3 rings (SSSR count). The number of nitro benzene ring substituents is 3. The summed E-state index contributed by atoms with van der Waals surface area (Å²) in [5.74, 6) is 0. The molecule has 0 saturated carbocycles. The Labute approximate surface area is 187 Å². The molecule has 1 heterocycles. The second-order valence-electron chi connectivity index (χ2n) is 7.35. The zero-order chi connectivity index (χ0) is 24.1. The van der Waals surface area contributed by atoms with Gasteiger partial charge in [0.05, 0.1) is 20.8 Å². The van der Waals surface area contributed by atoms with E-state index in [0.29, 0.717) is 12.1 Å². The monoisotopic (exact) mass is 451 g/mol. The second-order valence-corrected chi connectivity index (χ2v) is 7.35. The van der Waals surface area contributed by atoms with Crippen molar-refractivity contribution in [1.82, 2.24) is 0 Å². The van der Waals surface area contributed by atoms with Crippen molar-refractivity contribution in [2.24, 2.45) is 10.2 Å². The van der Waals surface area contributed by atoms with Crippen molar-refractivity contribution in [3.05, 3.63) is 108 Å². The van der Waals surface area contributed by atoms with Crippen LogP contribution in [-0.2, 0) is 6.54 Å². The molecule has 1 aromatic heterocycles. The molecule has 12 heteroatoms. The number of benzene rings is 2. The van der Waals surface area contributed by atoms with E-state index in [9.17, 15) is 30.3 Å². The van der Waals surface area contributed by atoms with Gasteiger partial charge in [-0.2, -0.15) is 5.11 Å². The molecule has 0 bridgehead atoms. The molecule has 1 unspecified atom stereocenters. The van der Waals surface area contributed by atoms with Crippen molar-refractivity contribution in [3.63, 3.8) is 0 Å². The van der Waals surface area contributed by atoms with Gasteiger partial charge >= 0.3 is 5.69 Å². The van der Waals surface area contributed by atoms with Gasteiger partial charge in [-0.1, -0.05) is 0 Å². The molecule has 3 aromatic rings. The van der Waals surface area contributed by atoms with Crippen molar-refractivity contribution in [2.45, 2.75) is 26.4 Å². The van der Waals surface area contributed by atoms with E-state index in [1.54, 1.807) is 12.1 Å². The standard InChI is InChI=1S/C21H19N6O6/c1-14-9-15(2)12-24(11-14)13-20(16-3-5-17(6-4-16)25(28)29)23-22-19-8-7-18(26(30)31)10-21(19)27(32)33/h3-12,20H,13H2,1-2H3/q+1. The third-order valence-corrected chi connectivity index (χ3v) is 4.74. The second kappa shape index (κ2) is 9.68. The van der Waals surface area contributed by atoms with E-state index in [2.05, 4.69) is 10.2 Å². The highest BCUT2D eigenvalue weighted by Gasteiger charge is 2.22. The molecule has 0 radical (unpaired) electrons. The molecule has 0 fully saturated rings. The normalized spacial score (nSPS) is 11.9. The van der Waals surface area contributed by atoms with E-state index in [1.165, 1.54) is 12.1 Å². The Balaban J connectivity index is 2.02. The van der Waals surface area contributed by atoms with Gasteiger partial charge in [-0.3, -0.25) is 30.3 Å². The van der Waals surface area contributed by atoms with Crippen LogP contribution in [0.15, 0.2) is 71.2 Å². The first kappa shape index (κ1) is 23.1. The third-order valence-electron chi connectivity index (χ3n) is 4.74. The maximum atomic E-state index is 11.4. The Kier molecular flexibility index (Phi) is 6.77.